The Kier molecular flexibility index (Phi) is 10.3. The van der Waals surface area contributed by atoms with Gasteiger partial charge in [0.05, 0.1) is 36.3 Å². The van der Waals surface area contributed by atoms with Crippen LogP contribution in [0, 0.1) is 6.92 Å². The first-order valence-corrected chi connectivity index (χ1v) is 17.7. The highest BCUT2D eigenvalue weighted by atomic mass is 32.2. The van der Waals surface area contributed by atoms with Crippen molar-refractivity contribution in [3.63, 3.8) is 0 Å². The maximum atomic E-state index is 14.7. The van der Waals surface area contributed by atoms with Crippen LogP contribution >= 0.6 is 0 Å². The summed E-state index contributed by atoms with van der Waals surface area (Å²) in [6.45, 7) is 4.29. The van der Waals surface area contributed by atoms with E-state index in [4.69, 9.17) is 14.2 Å². The molecule has 0 aliphatic carbocycles. The molecule has 7 nitrogen and oxygen atoms in total. The van der Waals surface area contributed by atoms with Gasteiger partial charge in [-0.15, -0.1) is 0 Å². The molecule has 0 radical (unpaired) electrons. The van der Waals surface area contributed by atoms with Crippen LogP contribution < -0.4 is 9.47 Å². The van der Waals surface area contributed by atoms with Gasteiger partial charge in [0.15, 0.2) is 0 Å². The molecule has 0 saturated heterocycles. The number of aryl methyl sites for hydroxylation is 1. The number of carbonyl (C=O) groups excluding carboxylic acids is 1. The maximum absolute atomic E-state index is 14.7. The van der Waals surface area contributed by atoms with Gasteiger partial charge in [-0.05, 0) is 72.9 Å². The molecule has 49 heavy (non-hydrogen) atoms. The molecule has 0 amide bonds. The quantitative estimate of drug-likeness (QED) is 0.131. The topological polar surface area (TPSA) is 82.1 Å². The van der Waals surface area contributed by atoms with E-state index in [0.717, 1.165) is 33.6 Å². The Morgan fingerprint density at radius 1 is 0.816 bits per heavy atom. The molecule has 0 fully saturated rings. The summed E-state index contributed by atoms with van der Waals surface area (Å²) in [7, 11) is -2.53. The monoisotopic (exact) mass is 673 g/mol. The van der Waals surface area contributed by atoms with Crippen LogP contribution in [0.2, 0.25) is 0 Å². The molecule has 0 spiro atoms. The first-order valence-electron chi connectivity index (χ1n) is 16.3. The van der Waals surface area contributed by atoms with Crippen molar-refractivity contribution in [1.82, 2.24) is 4.31 Å². The Morgan fingerprint density at radius 3 is 2.14 bits per heavy atom. The Hall–Kier alpha value is -5.18. The second-order valence-corrected chi connectivity index (χ2v) is 13.7. The number of hydrogen-bond donors (Lipinski definition) is 0. The molecule has 6 rings (SSSR count). The van der Waals surface area contributed by atoms with Gasteiger partial charge in [0.25, 0.3) is 0 Å². The molecule has 1 aliphatic heterocycles. The summed E-state index contributed by atoms with van der Waals surface area (Å²) >= 11 is 0. The van der Waals surface area contributed by atoms with Crippen molar-refractivity contribution in [2.75, 3.05) is 13.7 Å². The van der Waals surface area contributed by atoms with Crippen LogP contribution in [-0.4, -0.2) is 32.4 Å². The predicted molar refractivity (Wildman–Crippen MR) is 191 cm³/mol. The van der Waals surface area contributed by atoms with Gasteiger partial charge in [-0.3, -0.25) is 0 Å². The van der Waals surface area contributed by atoms with Gasteiger partial charge in [0.1, 0.15) is 18.1 Å². The number of sulfonamides is 1. The molecule has 0 N–H and O–H groups in total. The minimum absolute atomic E-state index is 0.146. The van der Waals surface area contributed by atoms with E-state index in [-0.39, 0.29) is 23.5 Å². The van der Waals surface area contributed by atoms with E-state index in [1.807, 2.05) is 116 Å². The first kappa shape index (κ1) is 33.7. The third-order valence-electron chi connectivity index (χ3n) is 8.66. The highest BCUT2D eigenvalue weighted by Crippen LogP contribution is 2.47. The zero-order chi connectivity index (χ0) is 34.4. The van der Waals surface area contributed by atoms with E-state index in [1.54, 1.807) is 38.3 Å². The molecule has 0 bridgehead atoms. The number of hydrogen-bond acceptors (Lipinski definition) is 6. The molecule has 1 aliphatic rings. The Balaban J connectivity index is 1.40. The third kappa shape index (κ3) is 7.31. The first-order chi connectivity index (χ1) is 23.8. The van der Waals surface area contributed by atoms with E-state index in [9.17, 15) is 13.2 Å². The SMILES string of the molecule is CCOC(=O)C1=CC[C@@H](c2ccc(-c3ccc(OCc4ccccc4)cc3)c(OC)c2)N(S(=O)(=O)c2ccc(C)cc2)[C@H]1c1ccccc1. The average molecular weight is 674 g/mol. The number of nitrogens with zero attached hydrogens (tertiary/aromatic N) is 1. The van der Waals surface area contributed by atoms with E-state index in [1.165, 1.54) is 4.31 Å². The molecule has 5 aromatic rings. The number of ether oxygens (including phenoxy) is 3. The summed E-state index contributed by atoms with van der Waals surface area (Å²) in [4.78, 5) is 13.5. The summed E-state index contributed by atoms with van der Waals surface area (Å²) in [5, 5.41) is 0. The zero-order valence-electron chi connectivity index (χ0n) is 27.8. The molecule has 0 unspecified atom stereocenters. The van der Waals surface area contributed by atoms with Crippen LogP contribution in [0.15, 0.2) is 144 Å². The number of carbonyl (C=O) groups is 1. The number of benzene rings is 5. The van der Waals surface area contributed by atoms with Crippen LogP contribution in [0.1, 0.15) is 47.7 Å². The van der Waals surface area contributed by atoms with Crippen molar-refractivity contribution in [3.8, 4) is 22.6 Å². The van der Waals surface area contributed by atoms with E-state index in [2.05, 4.69) is 0 Å². The lowest BCUT2D eigenvalue weighted by atomic mass is 9.88. The average Bonchev–Trinajstić information content (AvgIpc) is 3.14. The minimum Gasteiger partial charge on any atom is -0.496 e. The third-order valence-corrected chi connectivity index (χ3v) is 10.6. The number of esters is 1. The van der Waals surface area contributed by atoms with Gasteiger partial charge in [-0.1, -0.05) is 109 Å². The van der Waals surface area contributed by atoms with Crippen LogP contribution in [-0.2, 0) is 26.2 Å². The zero-order valence-corrected chi connectivity index (χ0v) is 28.6. The lowest BCUT2D eigenvalue weighted by Gasteiger charge is -2.41. The Labute approximate surface area is 288 Å². The number of rotatable bonds is 11. The molecule has 2 atom stereocenters. The fourth-order valence-electron chi connectivity index (χ4n) is 6.19. The summed E-state index contributed by atoms with van der Waals surface area (Å²) < 4.78 is 48.2. The molecule has 0 aromatic heterocycles. The van der Waals surface area contributed by atoms with Gasteiger partial charge in [0, 0.05) is 5.56 Å². The van der Waals surface area contributed by atoms with Crippen LogP contribution in [0.25, 0.3) is 11.1 Å². The summed E-state index contributed by atoms with van der Waals surface area (Å²) in [6, 6.07) is 38.0. The van der Waals surface area contributed by atoms with Crippen molar-refractivity contribution in [2.45, 2.75) is 43.9 Å². The molecule has 250 valence electrons. The predicted octanol–water partition coefficient (Wildman–Crippen LogP) is 8.62. The van der Waals surface area contributed by atoms with Crippen molar-refractivity contribution in [3.05, 3.63) is 161 Å². The molecule has 8 heteroatoms. The molecular weight excluding hydrogens is 635 g/mol. The fraction of sp³-hybridized carbons (Fsp3) is 0.195. The van der Waals surface area contributed by atoms with Gasteiger partial charge in [-0.2, -0.15) is 4.31 Å². The lowest BCUT2D eigenvalue weighted by Crippen LogP contribution is -2.42. The van der Waals surface area contributed by atoms with Gasteiger partial charge in [0.2, 0.25) is 10.0 Å². The van der Waals surface area contributed by atoms with Crippen LogP contribution in [0.3, 0.4) is 0 Å². The van der Waals surface area contributed by atoms with Gasteiger partial charge >= 0.3 is 5.97 Å². The second kappa shape index (κ2) is 14.9. The summed E-state index contributed by atoms with van der Waals surface area (Å²) in [5.74, 6) is 0.807. The summed E-state index contributed by atoms with van der Waals surface area (Å²) in [6.07, 6.45) is 2.08. The second-order valence-electron chi connectivity index (χ2n) is 11.9. The van der Waals surface area contributed by atoms with Crippen molar-refractivity contribution in [1.29, 1.82) is 0 Å². The number of methoxy groups -OCH3 is 1. The van der Waals surface area contributed by atoms with Gasteiger partial charge in [-0.25, -0.2) is 13.2 Å². The van der Waals surface area contributed by atoms with Crippen LogP contribution in [0.5, 0.6) is 11.5 Å². The highest BCUT2D eigenvalue weighted by Gasteiger charge is 2.45. The van der Waals surface area contributed by atoms with Crippen LogP contribution in [0.4, 0.5) is 0 Å². The molecular formula is C41H39NO6S. The highest BCUT2D eigenvalue weighted by molar-refractivity contribution is 7.89. The smallest absolute Gasteiger partial charge is 0.335 e. The Morgan fingerprint density at radius 2 is 1.49 bits per heavy atom. The van der Waals surface area contributed by atoms with Gasteiger partial charge < -0.3 is 14.2 Å². The largest absolute Gasteiger partial charge is 0.496 e. The molecule has 0 saturated carbocycles. The Bertz CT molecular complexity index is 2030. The van der Waals surface area contributed by atoms with E-state index < -0.39 is 28.1 Å². The minimum atomic E-state index is -4.14. The molecule has 1 heterocycles. The maximum Gasteiger partial charge on any atom is 0.335 e. The van der Waals surface area contributed by atoms with E-state index >= 15 is 0 Å². The lowest BCUT2D eigenvalue weighted by molar-refractivity contribution is -0.139. The summed E-state index contributed by atoms with van der Waals surface area (Å²) in [5.41, 5.74) is 5.50. The fourth-order valence-corrected chi connectivity index (χ4v) is 7.97. The van der Waals surface area contributed by atoms with Crippen molar-refractivity contribution >= 4 is 16.0 Å². The van der Waals surface area contributed by atoms with Crippen molar-refractivity contribution in [2.24, 2.45) is 0 Å². The van der Waals surface area contributed by atoms with Crippen molar-refractivity contribution < 1.29 is 27.4 Å². The molecule has 5 aromatic carbocycles. The normalized spacial score (nSPS) is 16.4. The standard InChI is InChI=1S/C41H39NO6S/c1-4-47-41(43)37-25-26-38(42(40(37)32-13-9-6-10-14-32)49(44,45)35-22-15-29(2)16-23-35)33-19-24-36(39(27-33)46-3)31-17-20-34(21-18-31)48-28-30-11-7-5-8-12-30/h5-25,27,38,40H,4,26,28H2,1-3H3/t38-,40-/m0/s1. The van der Waals surface area contributed by atoms with E-state index in [0.29, 0.717) is 17.9 Å².